The SMILES string of the molecule is C[C@H]1NC(=O)c2ccccc2CCCCCn2c(-c3nc4cc(C(=O)N[C@H]5CNCC[C@@H]5F)c(F)cc4n3C3CC3)cc3ccc1nc32. The largest absolute Gasteiger partial charge is 0.345 e. The zero-order valence-corrected chi connectivity index (χ0v) is 26.9. The number of hydrogen-bond donors (Lipinski definition) is 3. The predicted molar refractivity (Wildman–Crippen MR) is 180 cm³/mol. The molecular weight excluding hydrogens is 612 g/mol. The Bertz CT molecular complexity index is 2050. The number of carbonyl (C=O) groups excluding carboxylic acids is 2. The van der Waals surface area contributed by atoms with E-state index in [0.29, 0.717) is 48.5 Å². The molecule has 3 atom stereocenters. The molecule has 1 saturated heterocycles. The van der Waals surface area contributed by atoms with Crippen LogP contribution in [0, 0.1) is 5.82 Å². The van der Waals surface area contributed by atoms with Crippen LogP contribution < -0.4 is 16.0 Å². The first-order chi connectivity index (χ1) is 23.4. The molecule has 2 bridgehead atoms. The molecule has 1 aliphatic carbocycles. The Morgan fingerprint density at radius 1 is 1.02 bits per heavy atom. The maximum Gasteiger partial charge on any atom is 0.254 e. The number of alkyl halides is 1. The van der Waals surface area contributed by atoms with E-state index in [0.717, 1.165) is 66.5 Å². The number of fused-ring (bicyclic) bond motifs is 3. The Morgan fingerprint density at radius 3 is 2.71 bits per heavy atom. The number of halogens is 2. The van der Waals surface area contributed by atoms with Gasteiger partial charge in [-0.2, -0.15) is 0 Å². The Morgan fingerprint density at radius 2 is 1.88 bits per heavy atom. The summed E-state index contributed by atoms with van der Waals surface area (Å²) in [6, 6.07) is 15.9. The topological polar surface area (TPSA) is 106 Å². The number of benzene rings is 2. The van der Waals surface area contributed by atoms with E-state index in [-0.39, 0.29) is 23.6 Å². The second-order valence-electron chi connectivity index (χ2n) is 13.4. The molecule has 2 amide bonds. The van der Waals surface area contributed by atoms with Crippen molar-refractivity contribution in [1.29, 1.82) is 0 Å². The fourth-order valence-electron chi connectivity index (χ4n) is 7.25. The van der Waals surface area contributed by atoms with Crippen LogP contribution in [0.15, 0.2) is 54.6 Å². The highest BCUT2D eigenvalue weighted by atomic mass is 19.1. The number of imidazole rings is 1. The van der Waals surface area contributed by atoms with Gasteiger partial charge in [-0.15, -0.1) is 0 Å². The van der Waals surface area contributed by atoms with Gasteiger partial charge in [-0.25, -0.2) is 18.7 Å². The van der Waals surface area contributed by atoms with E-state index in [9.17, 15) is 14.0 Å². The van der Waals surface area contributed by atoms with E-state index in [2.05, 4.69) is 31.2 Å². The smallest absolute Gasteiger partial charge is 0.254 e. The number of nitrogens with one attached hydrogen (secondary N) is 3. The Labute approximate surface area is 277 Å². The normalized spacial score (nSPS) is 22.0. The van der Waals surface area contributed by atoms with Gasteiger partial charge in [0, 0.05) is 36.1 Å². The summed E-state index contributed by atoms with van der Waals surface area (Å²) < 4.78 is 34.4. The number of nitrogens with zero attached hydrogens (tertiary/aromatic N) is 4. The van der Waals surface area contributed by atoms with Crippen LogP contribution in [0.4, 0.5) is 8.78 Å². The van der Waals surface area contributed by atoms with Crippen LogP contribution in [-0.2, 0) is 13.0 Å². The first kappa shape index (κ1) is 30.7. The van der Waals surface area contributed by atoms with Crippen LogP contribution in [-0.4, -0.2) is 56.2 Å². The minimum Gasteiger partial charge on any atom is -0.345 e. The summed E-state index contributed by atoms with van der Waals surface area (Å²) >= 11 is 0. The fourth-order valence-corrected chi connectivity index (χ4v) is 7.25. The van der Waals surface area contributed by atoms with E-state index in [1.807, 2.05) is 43.3 Å². The molecule has 0 unspecified atom stereocenters. The molecule has 3 aromatic heterocycles. The number of amides is 2. The zero-order chi connectivity index (χ0) is 32.9. The van der Waals surface area contributed by atoms with E-state index >= 15 is 4.39 Å². The summed E-state index contributed by atoms with van der Waals surface area (Å²) in [6.07, 6.45) is 4.65. The molecule has 2 fully saturated rings. The highest BCUT2D eigenvalue weighted by Crippen LogP contribution is 2.43. The van der Waals surface area contributed by atoms with Crippen LogP contribution >= 0.6 is 0 Å². The number of piperidine rings is 1. The molecule has 9 nitrogen and oxygen atoms in total. The van der Waals surface area contributed by atoms with Crippen molar-refractivity contribution in [3.63, 3.8) is 0 Å². The molecule has 248 valence electrons. The number of rotatable bonds is 4. The van der Waals surface area contributed by atoms with Gasteiger partial charge in [0.25, 0.3) is 11.8 Å². The summed E-state index contributed by atoms with van der Waals surface area (Å²) in [7, 11) is 0. The van der Waals surface area contributed by atoms with Crippen LogP contribution in [0.5, 0.6) is 0 Å². The van der Waals surface area contributed by atoms with Gasteiger partial charge in [0.15, 0.2) is 5.82 Å². The third-order valence-corrected chi connectivity index (χ3v) is 10.0. The molecule has 5 aromatic rings. The van der Waals surface area contributed by atoms with E-state index in [1.165, 1.54) is 12.1 Å². The van der Waals surface area contributed by atoms with Gasteiger partial charge < -0.3 is 25.1 Å². The molecular formula is C37H39F2N7O2. The summed E-state index contributed by atoms with van der Waals surface area (Å²) in [4.78, 5) is 36.6. The van der Waals surface area contributed by atoms with Crippen molar-refractivity contribution < 1.29 is 18.4 Å². The minimum atomic E-state index is -1.18. The third kappa shape index (κ3) is 5.63. The summed E-state index contributed by atoms with van der Waals surface area (Å²) in [5, 5.41) is 9.87. The van der Waals surface area contributed by atoms with Crippen molar-refractivity contribution in [2.24, 2.45) is 0 Å². The Hall–Kier alpha value is -4.64. The highest BCUT2D eigenvalue weighted by molar-refractivity contribution is 5.99. The molecule has 0 radical (unpaired) electrons. The quantitative estimate of drug-likeness (QED) is 0.216. The average Bonchev–Trinajstić information content (AvgIpc) is 3.76. The molecule has 3 N–H and O–H groups in total. The molecule has 8 rings (SSSR count). The van der Waals surface area contributed by atoms with E-state index < -0.39 is 23.9 Å². The first-order valence-corrected chi connectivity index (χ1v) is 17.1. The minimum absolute atomic E-state index is 0.105. The highest BCUT2D eigenvalue weighted by Gasteiger charge is 2.32. The molecule has 1 saturated carbocycles. The maximum atomic E-state index is 15.6. The van der Waals surface area contributed by atoms with Gasteiger partial charge in [0.2, 0.25) is 0 Å². The van der Waals surface area contributed by atoms with Gasteiger partial charge in [-0.05, 0) is 87.9 Å². The van der Waals surface area contributed by atoms with E-state index in [1.54, 1.807) is 0 Å². The van der Waals surface area contributed by atoms with Crippen LogP contribution in [0.1, 0.15) is 89.5 Å². The van der Waals surface area contributed by atoms with Gasteiger partial charge in [0.05, 0.1) is 40.1 Å². The van der Waals surface area contributed by atoms with Gasteiger partial charge in [-0.3, -0.25) is 9.59 Å². The summed E-state index contributed by atoms with van der Waals surface area (Å²) in [5.74, 6) is -0.693. The lowest BCUT2D eigenvalue weighted by Crippen LogP contribution is -2.52. The van der Waals surface area contributed by atoms with Crippen molar-refractivity contribution in [2.45, 2.75) is 82.7 Å². The Balaban J connectivity index is 1.19. The van der Waals surface area contributed by atoms with Gasteiger partial charge in [0.1, 0.15) is 17.6 Å². The Kier molecular flexibility index (Phi) is 7.94. The molecule has 3 aliphatic rings. The molecule has 2 aliphatic heterocycles. The number of pyridine rings is 1. The fraction of sp³-hybridized carbons (Fsp3) is 0.405. The van der Waals surface area contributed by atoms with Crippen LogP contribution in [0.25, 0.3) is 33.6 Å². The lowest BCUT2D eigenvalue weighted by atomic mass is 10.00. The molecule has 48 heavy (non-hydrogen) atoms. The second kappa shape index (κ2) is 12.4. The summed E-state index contributed by atoms with van der Waals surface area (Å²) in [6.45, 7) is 3.51. The number of hydrogen-bond acceptors (Lipinski definition) is 5. The molecule has 11 heteroatoms. The second-order valence-corrected chi connectivity index (χ2v) is 13.4. The van der Waals surface area contributed by atoms with Gasteiger partial charge in [-0.1, -0.05) is 24.6 Å². The van der Waals surface area contributed by atoms with Crippen molar-refractivity contribution >= 4 is 33.9 Å². The van der Waals surface area contributed by atoms with Crippen molar-refractivity contribution in [3.8, 4) is 11.5 Å². The van der Waals surface area contributed by atoms with Crippen molar-refractivity contribution in [3.05, 3.63) is 82.8 Å². The van der Waals surface area contributed by atoms with Crippen molar-refractivity contribution in [2.75, 3.05) is 13.1 Å². The lowest BCUT2D eigenvalue weighted by Gasteiger charge is -2.27. The van der Waals surface area contributed by atoms with E-state index in [4.69, 9.17) is 9.97 Å². The zero-order valence-electron chi connectivity index (χ0n) is 26.9. The average molecular weight is 652 g/mol. The number of carbonyl (C=O) groups is 2. The van der Waals surface area contributed by atoms with Crippen LogP contribution in [0.3, 0.4) is 0 Å². The third-order valence-electron chi connectivity index (χ3n) is 10.0. The molecule has 0 spiro atoms. The lowest BCUT2D eigenvalue weighted by molar-refractivity contribution is 0.0887. The molecule has 2 aromatic carbocycles. The standard InChI is InChI=1S/C37H39F2N7O2/c1-21-29-13-10-23-17-33(45(34(23)42-29)16-6-2-3-7-22-8-4-5-9-25(22)36(47)41-21)35-43-30-18-26(28(39)19-32(30)46(35)24-11-12-24)37(48)44-31-20-40-15-14-27(31)38/h4-5,8-10,13,17-19,21,24,27,31,40H,2-3,6-7,11-12,14-16,20H2,1H3,(H,41,47)(H,44,48)/t21-,27+,31+/m1/s1. The first-order valence-electron chi connectivity index (χ1n) is 17.1. The number of aromatic nitrogens is 4. The van der Waals surface area contributed by atoms with Gasteiger partial charge >= 0.3 is 0 Å². The monoisotopic (exact) mass is 651 g/mol. The summed E-state index contributed by atoms with van der Waals surface area (Å²) in [5.41, 5.74) is 5.21. The maximum absolute atomic E-state index is 15.6. The van der Waals surface area contributed by atoms with Crippen molar-refractivity contribution in [1.82, 2.24) is 35.1 Å². The number of aryl methyl sites for hydroxylation is 2. The molecule has 5 heterocycles. The van der Waals surface area contributed by atoms with Crippen LogP contribution in [0.2, 0.25) is 0 Å². The predicted octanol–water partition coefficient (Wildman–Crippen LogP) is 6.17.